The minimum atomic E-state index is -0.734. The standard InChI is InChI=1S/C31H38N4O3/c1-4-21-8-5-9-23(20-21)34-18-16-22(15-17-32-2)24-13-14-27-29-25(24)10-6-11-26(29)31(38)35(27)28(12-7-19-36)30(37)33-3/h5-6,8-11,13-14,19-20,22,28,32,34H,4,7,12,15-18H2,1-3H3,(H,33,37). The first-order valence-electron chi connectivity index (χ1n) is 13.6. The first kappa shape index (κ1) is 27.3. The summed E-state index contributed by atoms with van der Waals surface area (Å²) >= 11 is 0. The van der Waals surface area contributed by atoms with Gasteiger partial charge in [-0.25, -0.2) is 0 Å². The number of carbonyl (C=O) groups excluding carboxylic acids is 3. The summed E-state index contributed by atoms with van der Waals surface area (Å²) in [7, 11) is 3.52. The van der Waals surface area contributed by atoms with E-state index in [0.717, 1.165) is 60.8 Å². The van der Waals surface area contributed by atoms with Crippen molar-refractivity contribution in [3.63, 3.8) is 0 Å². The van der Waals surface area contributed by atoms with Crippen molar-refractivity contribution in [3.8, 4) is 0 Å². The zero-order chi connectivity index (χ0) is 27.1. The van der Waals surface area contributed by atoms with Crippen LogP contribution in [0.15, 0.2) is 54.6 Å². The summed E-state index contributed by atoms with van der Waals surface area (Å²) in [6.07, 6.45) is 4.19. The van der Waals surface area contributed by atoms with Crippen LogP contribution in [0, 0.1) is 0 Å². The van der Waals surface area contributed by atoms with Gasteiger partial charge in [-0.15, -0.1) is 0 Å². The van der Waals surface area contributed by atoms with E-state index in [1.54, 1.807) is 11.9 Å². The van der Waals surface area contributed by atoms with Crippen LogP contribution < -0.4 is 20.9 Å². The number of hydrogen-bond acceptors (Lipinski definition) is 5. The maximum absolute atomic E-state index is 13.6. The fourth-order valence-corrected chi connectivity index (χ4v) is 5.53. The Morgan fingerprint density at radius 1 is 1.00 bits per heavy atom. The van der Waals surface area contributed by atoms with Crippen LogP contribution in [-0.2, 0) is 16.0 Å². The number of nitrogens with zero attached hydrogens (tertiary/aromatic N) is 1. The van der Waals surface area contributed by atoms with Gasteiger partial charge in [0.2, 0.25) is 5.91 Å². The molecule has 0 saturated carbocycles. The molecule has 0 radical (unpaired) electrons. The normalized spacial score (nSPS) is 14.0. The van der Waals surface area contributed by atoms with Crippen LogP contribution in [0.4, 0.5) is 11.4 Å². The van der Waals surface area contributed by atoms with E-state index >= 15 is 0 Å². The summed E-state index contributed by atoms with van der Waals surface area (Å²) in [5.41, 5.74) is 5.01. The van der Waals surface area contributed by atoms with Crippen molar-refractivity contribution in [2.45, 2.75) is 51.0 Å². The van der Waals surface area contributed by atoms with Gasteiger partial charge in [0.05, 0.1) is 5.69 Å². The molecule has 2 unspecified atom stereocenters. The van der Waals surface area contributed by atoms with Gasteiger partial charge in [0.1, 0.15) is 12.3 Å². The molecule has 3 N–H and O–H groups in total. The van der Waals surface area contributed by atoms with Crippen LogP contribution >= 0.6 is 0 Å². The Morgan fingerprint density at radius 2 is 1.79 bits per heavy atom. The van der Waals surface area contributed by atoms with E-state index in [1.165, 1.54) is 11.1 Å². The predicted molar refractivity (Wildman–Crippen MR) is 154 cm³/mol. The number of anilines is 2. The second-order valence-electron chi connectivity index (χ2n) is 9.81. The Balaban J connectivity index is 1.66. The Kier molecular flexibility index (Phi) is 9.13. The summed E-state index contributed by atoms with van der Waals surface area (Å²) in [5, 5.41) is 11.5. The minimum absolute atomic E-state index is 0.188. The highest BCUT2D eigenvalue weighted by Gasteiger charge is 2.38. The third-order valence-electron chi connectivity index (χ3n) is 7.52. The van der Waals surface area contributed by atoms with Gasteiger partial charge < -0.3 is 20.7 Å². The van der Waals surface area contributed by atoms with Crippen molar-refractivity contribution < 1.29 is 14.4 Å². The third-order valence-corrected chi connectivity index (χ3v) is 7.52. The van der Waals surface area contributed by atoms with Gasteiger partial charge in [0, 0.05) is 36.7 Å². The first-order valence-corrected chi connectivity index (χ1v) is 13.6. The van der Waals surface area contributed by atoms with Crippen LogP contribution in [0.3, 0.4) is 0 Å². The highest BCUT2D eigenvalue weighted by Crippen LogP contribution is 2.43. The molecule has 1 aliphatic heterocycles. The number of carbonyl (C=O) groups is 3. The molecule has 0 spiro atoms. The molecule has 3 aromatic rings. The van der Waals surface area contributed by atoms with E-state index in [9.17, 15) is 14.4 Å². The fraction of sp³-hybridized carbons (Fsp3) is 0.387. The number of hydrogen-bond donors (Lipinski definition) is 3. The van der Waals surface area contributed by atoms with Crippen LogP contribution in [-0.4, -0.2) is 51.3 Å². The lowest BCUT2D eigenvalue weighted by molar-refractivity contribution is -0.122. The largest absolute Gasteiger partial charge is 0.385 e. The summed E-state index contributed by atoms with van der Waals surface area (Å²) < 4.78 is 0. The van der Waals surface area contributed by atoms with Crippen molar-refractivity contribution in [1.29, 1.82) is 0 Å². The van der Waals surface area contributed by atoms with E-state index < -0.39 is 6.04 Å². The molecule has 2 atom stereocenters. The molecule has 3 aromatic carbocycles. The maximum atomic E-state index is 13.6. The second-order valence-corrected chi connectivity index (χ2v) is 9.81. The lowest BCUT2D eigenvalue weighted by Gasteiger charge is -2.27. The minimum Gasteiger partial charge on any atom is -0.385 e. The summed E-state index contributed by atoms with van der Waals surface area (Å²) in [4.78, 5) is 39.0. The predicted octanol–water partition coefficient (Wildman–Crippen LogP) is 4.65. The first-order chi connectivity index (χ1) is 18.5. The number of aryl methyl sites for hydroxylation is 1. The molecule has 2 amide bonds. The molecule has 0 saturated heterocycles. The number of likely N-dealkylation sites (N-methyl/N-ethyl adjacent to an activating group) is 1. The number of nitrogens with one attached hydrogen (secondary N) is 3. The monoisotopic (exact) mass is 514 g/mol. The van der Waals surface area contributed by atoms with Crippen LogP contribution in [0.25, 0.3) is 10.8 Å². The zero-order valence-electron chi connectivity index (χ0n) is 22.5. The van der Waals surface area contributed by atoms with E-state index in [1.807, 2.05) is 25.2 Å². The van der Waals surface area contributed by atoms with Gasteiger partial charge in [-0.2, -0.15) is 0 Å². The maximum Gasteiger partial charge on any atom is 0.259 e. The molecular weight excluding hydrogens is 476 g/mol. The van der Waals surface area contributed by atoms with Gasteiger partial charge in [0.15, 0.2) is 0 Å². The number of aldehydes is 1. The number of benzene rings is 3. The molecule has 0 aromatic heterocycles. The van der Waals surface area contributed by atoms with E-state index in [0.29, 0.717) is 5.56 Å². The average molecular weight is 515 g/mol. The molecule has 7 heteroatoms. The Hall–Kier alpha value is -3.71. The van der Waals surface area contributed by atoms with Crippen LogP contribution in [0.2, 0.25) is 0 Å². The van der Waals surface area contributed by atoms with Crippen molar-refractivity contribution >= 4 is 40.2 Å². The SMILES string of the molecule is CCc1cccc(NCCC(CCNC)c2ccc3c4c(cccc24)C(=O)N3C(CCC=O)C(=O)NC)c1. The van der Waals surface area contributed by atoms with Crippen molar-refractivity contribution in [2.75, 3.05) is 37.4 Å². The van der Waals surface area contributed by atoms with Gasteiger partial charge in [-0.05, 0) is 86.0 Å². The quantitative estimate of drug-likeness (QED) is 0.273. The highest BCUT2D eigenvalue weighted by atomic mass is 16.2. The molecule has 0 bridgehead atoms. The molecule has 0 aliphatic carbocycles. The molecule has 200 valence electrons. The van der Waals surface area contributed by atoms with E-state index in [-0.39, 0.29) is 30.6 Å². The van der Waals surface area contributed by atoms with Crippen molar-refractivity contribution in [1.82, 2.24) is 10.6 Å². The third kappa shape index (κ3) is 5.58. The molecule has 38 heavy (non-hydrogen) atoms. The fourth-order valence-electron chi connectivity index (χ4n) is 5.53. The molecular formula is C31H38N4O3. The summed E-state index contributed by atoms with van der Waals surface area (Å²) in [6, 6.07) is 17.8. The van der Waals surface area contributed by atoms with Crippen molar-refractivity contribution in [2.24, 2.45) is 0 Å². The summed E-state index contributed by atoms with van der Waals surface area (Å²) in [6.45, 7) is 3.88. The number of rotatable bonds is 14. The van der Waals surface area contributed by atoms with E-state index in [4.69, 9.17) is 0 Å². The van der Waals surface area contributed by atoms with E-state index in [2.05, 4.69) is 59.3 Å². The van der Waals surface area contributed by atoms with Gasteiger partial charge in [-0.1, -0.05) is 37.3 Å². The molecule has 0 fully saturated rings. The summed E-state index contributed by atoms with van der Waals surface area (Å²) in [5.74, 6) is -0.176. The van der Waals surface area contributed by atoms with Gasteiger partial charge in [-0.3, -0.25) is 14.5 Å². The molecule has 4 rings (SSSR count). The van der Waals surface area contributed by atoms with Gasteiger partial charge in [0.25, 0.3) is 5.91 Å². The Bertz CT molecular complexity index is 1310. The number of amides is 2. The lowest BCUT2D eigenvalue weighted by Crippen LogP contribution is -2.47. The second kappa shape index (κ2) is 12.7. The Labute approximate surface area is 225 Å². The van der Waals surface area contributed by atoms with Crippen molar-refractivity contribution in [3.05, 3.63) is 71.3 Å². The zero-order valence-corrected chi connectivity index (χ0v) is 22.5. The Morgan fingerprint density at radius 3 is 2.53 bits per heavy atom. The van der Waals surface area contributed by atoms with Gasteiger partial charge >= 0.3 is 0 Å². The lowest BCUT2D eigenvalue weighted by atomic mass is 9.87. The average Bonchev–Trinajstić information content (AvgIpc) is 3.23. The van der Waals surface area contributed by atoms with Crippen LogP contribution in [0.5, 0.6) is 0 Å². The van der Waals surface area contributed by atoms with Crippen LogP contribution in [0.1, 0.15) is 60.0 Å². The molecule has 1 aliphatic rings. The molecule has 7 nitrogen and oxygen atoms in total. The topological polar surface area (TPSA) is 90.5 Å². The smallest absolute Gasteiger partial charge is 0.259 e. The highest BCUT2D eigenvalue weighted by molar-refractivity contribution is 6.27. The molecule has 1 heterocycles.